The van der Waals surface area contributed by atoms with Gasteiger partial charge in [-0.25, -0.2) is 4.79 Å². The van der Waals surface area contributed by atoms with E-state index in [1.54, 1.807) is 0 Å². The van der Waals surface area contributed by atoms with Crippen LogP contribution in [0.1, 0.15) is 38.5 Å². The summed E-state index contributed by atoms with van der Waals surface area (Å²) in [5, 5.41) is 24.2. The first-order valence-corrected chi connectivity index (χ1v) is 9.47. The lowest BCUT2D eigenvalue weighted by Gasteiger charge is -2.20. The zero-order valence-corrected chi connectivity index (χ0v) is 17.2. The van der Waals surface area contributed by atoms with Crippen molar-refractivity contribution in [3.63, 3.8) is 0 Å². The zero-order valence-electron chi connectivity index (χ0n) is 17.2. The molecular weight excluding hydrogens is 432 g/mol. The highest BCUT2D eigenvalue weighted by molar-refractivity contribution is 5.93. The van der Waals surface area contributed by atoms with Crippen LogP contribution in [0.15, 0.2) is 0 Å². The van der Waals surface area contributed by atoms with Gasteiger partial charge in [-0.15, -0.1) is 0 Å². The van der Waals surface area contributed by atoms with Gasteiger partial charge in [0.1, 0.15) is 12.1 Å². The van der Waals surface area contributed by atoms with Crippen molar-refractivity contribution < 1.29 is 43.8 Å². The topological polar surface area (TPSA) is 274 Å². The molecule has 0 radical (unpaired) electrons. The molecule has 5 amide bonds. The van der Waals surface area contributed by atoms with Gasteiger partial charge in [0.05, 0.1) is 12.6 Å². The lowest BCUT2D eigenvalue weighted by atomic mass is 10.1. The molecule has 0 rings (SSSR count). The van der Waals surface area contributed by atoms with Crippen LogP contribution in [0.2, 0.25) is 0 Å². The van der Waals surface area contributed by atoms with Gasteiger partial charge in [-0.3, -0.25) is 28.8 Å². The standard InChI is InChI=1S/C17H28N6O9/c18-8(1-4-11(19)24)15(29)23-9(2-5-12(20)25)16(30)21-7-13(26)22-10(17(31)32)3-6-14(27)28/h8-10H,1-7,18H2,(H2,19,24)(H2,20,25)(H,21,30)(H,22,26)(H,23,29)(H,27,28)(H,31,32). The summed E-state index contributed by atoms with van der Waals surface area (Å²) in [4.78, 5) is 79.9. The number of carboxylic acids is 2. The van der Waals surface area contributed by atoms with Gasteiger partial charge in [0.15, 0.2) is 0 Å². The van der Waals surface area contributed by atoms with Crippen molar-refractivity contribution in [2.75, 3.05) is 6.54 Å². The van der Waals surface area contributed by atoms with Gasteiger partial charge in [0.2, 0.25) is 29.5 Å². The van der Waals surface area contributed by atoms with Gasteiger partial charge >= 0.3 is 11.9 Å². The maximum absolute atomic E-state index is 12.4. The minimum absolute atomic E-state index is 0.0827. The molecule has 0 fully saturated rings. The molecule has 15 heteroatoms. The summed E-state index contributed by atoms with van der Waals surface area (Å²) in [7, 11) is 0. The van der Waals surface area contributed by atoms with Gasteiger partial charge in [-0.05, 0) is 19.3 Å². The van der Waals surface area contributed by atoms with Crippen molar-refractivity contribution in [3.8, 4) is 0 Å². The van der Waals surface area contributed by atoms with Crippen LogP contribution in [0.5, 0.6) is 0 Å². The van der Waals surface area contributed by atoms with Crippen molar-refractivity contribution >= 4 is 41.5 Å². The number of hydrogen-bond acceptors (Lipinski definition) is 8. The Morgan fingerprint density at radius 3 is 1.75 bits per heavy atom. The van der Waals surface area contributed by atoms with E-state index in [-0.39, 0.29) is 32.1 Å². The van der Waals surface area contributed by atoms with Crippen molar-refractivity contribution in [1.29, 1.82) is 0 Å². The number of carbonyl (C=O) groups is 7. The highest BCUT2D eigenvalue weighted by Gasteiger charge is 2.26. The molecule has 0 aliphatic carbocycles. The largest absolute Gasteiger partial charge is 0.481 e. The predicted molar refractivity (Wildman–Crippen MR) is 106 cm³/mol. The SMILES string of the molecule is NC(=O)CCC(N)C(=O)NC(CCC(N)=O)C(=O)NCC(=O)NC(CCC(=O)O)C(=O)O. The molecule has 0 saturated carbocycles. The number of amides is 5. The smallest absolute Gasteiger partial charge is 0.326 e. The predicted octanol–water partition coefficient (Wildman–Crippen LogP) is -4.12. The molecule has 0 aliphatic rings. The molecule has 3 atom stereocenters. The van der Waals surface area contributed by atoms with Crippen LogP contribution in [0.4, 0.5) is 0 Å². The molecule has 0 aliphatic heterocycles. The number of rotatable bonds is 16. The van der Waals surface area contributed by atoms with E-state index in [9.17, 15) is 33.6 Å². The fourth-order valence-electron chi connectivity index (χ4n) is 2.32. The minimum Gasteiger partial charge on any atom is -0.481 e. The molecular formula is C17H28N6O9. The Kier molecular flexibility index (Phi) is 12.6. The highest BCUT2D eigenvalue weighted by Crippen LogP contribution is 2.01. The van der Waals surface area contributed by atoms with Crippen LogP contribution in [0.3, 0.4) is 0 Å². The number of carbonyl (C=O) groups excluding carboxylic acids is 5. The van der Waals surface area contributed by atoms with E-state index in [1.165, 1.54) is 0 Å². The number of carboxylic acid groups (broad SMARTS) is 2. The summed E-state index contributed by atoms with van der Waals surface area (Å²) in [6.45, 7) is -0.688. The second-order valence-corrected chi connectivity index (χ2v) is 6.79. The summed E-state index contributed by atoms with van der Waals surface area (Å²) in [5.41, 5.74) is 15.6. The molecule has 0 spiro atoms. The molecule has 11 N–H and O–H groups in total. The van der Waals surface area contributed by atoms with Crippen LogP contribution in [0.25, 0.3) is 0 Å². The van der Waals surface area contributed by atoms with Crippen LogP contribution in [-0.4, -0.2) is 76.4 Å². The molecule has 3 unspecified atom stereocenters. The highest BCUT2D eigenvalue weighted by atomic mass is 16.4. The Hall–Kier alpha value is -3.75. The van der Waals surface area contributed by atoms with E-state index in [2.05, 4.69) is 16.0 Å². The Labute approximate surface area is 182 Å². The van der Waals surface area contributed by atoms with E-state index in [1.807, 2.05) is 0 Å². The maximum atomic E-state index is 12.4. The van der Waals surface area contributed by atoms with Crippen molar-refractivity contribution in [2.45, 2.75) is 56.7 Å². The first-order valence-electron chi connectivity index (χ1n) is 9.47. The lowest BCUT2D eigenvalue weighted by molar-refractivity contribution is -0.143. The quantitative estimate of drug-likeness (QED) is 0.110. The zero-order chi connectivity index (χ0) is 24.8. The number of nitrogens with one attached hydrogen (secondary N) is 3. The average molecular weight is 460 g/mol. The van der Waals surface area contributed by atoms with Crippen LogP contribution in [0, 0.1) is 0 Å². The molecule has 0 aromatic carbocycles. The summed E-state index contributed by atoms with van der Waals surface area (Å²) >= 11 is 0. The number of nitrogens with two attached hydrogens (primary N) is 3. The number of hydrogen-bond donors (Lipinski definition) is 8. The summed E-state index contributed by atoms with van der Waals surface area (Å²) in [6, 6.07) is -3.95. The molecule has 32 heavy (non-hydrogen) atoms. The van der Waals surface area contributed by atoms with Crippen molar-refractivity contribution in [3.05, 3.63) is 0 Å². The van der Waals surface area contributed by atoms with E-state index in [0.29, 0.717) is 0 Å². The van der Waals surface area contributed by atoms with Crippen molar-refractivity contribution in [1.82, 2.24) is 16.0 Å². The van der Waals surface area contributed by atoms with Gasteiger partial charge in [-0.2, -0.15) is 0 Å². The molecule has 0 heterocycles. The van der Waals surface area contributed by atoms with Crippen LogP contribution < -0.4 is 33.2 Å². The fourth-order valence-corrected chi connectivity index (χ4v) is 2.32. The van der Waals surface area contributed by atoms with Crippen LogP contribution >= 0.6 is 0 Å². The molecule has 0 aromatic rings. The molecule has 15 nitrogen and oxygen atoms in total. The van der Waals surface area contributed by atoms with E-state index >= 15 is 0 Å². The average Bonchev–Trinajstić information content (AvgIpc) is 2.69. The fraction of sp³-hybridized carbons (Fsp3) is 0.588. The summed E-state index contributed by atoms with van der Waals surface area (Å²) < 4.78 is 0. The van der Waals surface area contributed by atoms with E-state index < -0.39 is 72.6 Å². The van der Waals surface area contributed by atoms with E-state index in [0.717, 1.165) is 0 Å². The molecule has 0 bridgehead atoms. The maximum Gasteiger partial charge on any atom is 0.326 e. The number of primary amides is 2. The van der Waals surface area contributed by atoms with Gasteiger partial charge < -0.3 is 43.4 Å². The second-order valence-electron chi connectivity index (χ2n) is 6.79. The van der Waals surface area contributed by atoms with Gasteiger partial charge in [-0.1, -0.05) is 0 Å². The Balaban J connectivity index is 4.91. The van der Waals surface area contributed by atoms with E-state index in [4.69, 9.17) is 27.4 Å². The first kappa shape index (κ1) is 28.2. The third-order valence-electron chi connectivity index (χ3n) is 4.05. The molecule has 180 valence electrons. The minimum atomic E-state index is -1.48. The first-order chi connectivity index (χ1) is 14.8. The van der Waals surface area contributed by atoms with Gasteiger partial charge in [0, 0.05) is 19.3 Å². The molecule has 0 aromatic heterocycles. The third-order valence-corrected chi connectivity index (χ3v) is 4.05. The summed E-state index contributed by atoms with van der Waals surface area (Å²) in [6.07, 6.45) is -1.61. The lowest BCUT2D eigenvalue weighted by Crippen LogP contribution is -2.53. The summed E-state index contributed by atoms with van der Waals surface area (Å²) in [5.74, 6) is -6.74. The van der Waals surface area contributed by atoms with Gasteiger partial charge in [0.25, 0.3) is 0 Å². The second kappa shape index (κ2) is 14.3. The Morgan fingerprint density at radius 1 is 0.719 bits per heavy atom. The monoisotopic (exact) mass is 460 g/mol. The van der Waals surface area contributed by atoms with Crippen molar-refractivity contribution in [2.24, 2.45) is 17.2 Å². The number of aliphatic carboxylic acids is 2. The van der Waals surface area contributed by atoms with Crippen LogP contribution in [-0.2, 0) is 33.6 Å². The normalized spacial score (nSPS) is 13.2. The Bertz CT molecular complexity index is 742. The third kappa shape index (κ3) is 12.7. The molecule has 0 saturated heterocycles. The Morgan fingerprint density at radius 2 is 1.25 bits per heavy atom.